The summed E-state index contributed by atoms with van der Waals surface area (Å²) < 4.78 is 0. The standard InChI is InChI=1S/C6H14Si/c1-3-5-6-7-4-2/h4H,2-3,5-7H2,1H3. The first kappa shape index (κ1) is 6.96. The van der Waals surface area contributed by atoms with Crippen LogP contribution in [0.15, 0.2) is 12.3 Å². The molecule has 0 radical (unpaired) electrons. The van der Waals surface area contributed by atoms with Gasteiger partial charge in [0.25, 0.3) is 0 Å². The van der Waals surface area contributed by atoms with E-state index in [1.165, 1.54) is 18.9 Å². The molecule has 0 heterocycles. The molecule has 0 rings (SSSR count). The smallest absolute Gasteiger partial charge is 0.0446 e. The summed E-state index contributed by atoms with van der Waals surface area (Å²) in [6.45, 7) is 5.93. The van der Waals surface area contributed by atoms with Crippen molar-refractivity contribution in [2.45, 2.75) is 25.8 Å². The molecule has 0 amide bonds. The van der Waals surface area contributed by atoms with Crippen LogP contribution in [0.1, 0.15) is 19.8 Å². The lowest BCUT2D eigenvalue weighted by Gasteiger charge is -1.86. The molecule has 7 heavy (non-hydrogen) atoms. The Bertz CT molecular complexity index is 41.4. The molecule has 0 aromatic rings. The van der Waals surface area contributed by atoms with E-state index in [2.05, 4.69) is 19.2 Å². The van der Waals surface area contributed by atoms with Crippen LogP contribution in [0.25, 0.3) is 0 Å². The molecular formula is C6H14Si. The Morgan fingerprint density at radius 1 is 1.71 bits per heavy atom. The van der Waals surface area contributed by atoms with Crippen LogP contribution in [0.5, 0.6) is 0 Å². The van der Waals surface area contributed by atoms with Crippen LogP contribution in [-0.2, 0) is 0 Å². The second kappa shape index (κ2) is 5.96. The third kappa shape index (κ3) is 5.96. The minimum atomic E-state index is 0.175. The Morgan fingerprint density at radius 3 is 2.86 bits per heavy atom. The van der Waals surface area contributed by atoms with Crippen molar-refractivity contribution >= 4 is 9.52 Å². The van der Waals surface area contributed by atoms with Gasteiger partial charge in [-0.3, -0.25) is 0 Å². The van der Waals surface area contributed by atoms with Crippen molar-refractivity contribution < 1.29 is 0 Å². The maximum absolute atomic E-state index is 3.69. The quantitative estimate of drug-likeness (QED) is 0.384. The molecule has 0 saturated carbocycles. The van der Waals surface area contributed by atoms with Crippen LogP contribution in [0, 0.1) is 0 Å². The molecule has 0 spiro atoms. The molecule has 0 aliphatic carbocycles. The van der Waals surface area contributed by atoms with E-state index in [9.17, 15) is 0 Å². The highest BCUT2D eigenvalue weighted by Gasteiger charge is 1.78. The fourth-order valence-corrected chi connectivity index (χ4v) is 1.62. The topological polar surface area (TPSA) is 0 Å². The fourth-order valence-electron chi connectivity index (χ4n) is 0.539. The van der Waals surface area contributed by atoms with Crippen LogP contribution in [0.2, 0.25) is 6.04 Å². The zero-order chi connectivity index (χ0) is 5.54. The van der Waals surface area contributed by atoms with Crippen molar-refractivity contribution in [2.75, 3.05) is 0 Å². The van der Waals surface area contributed by atoms with Gasteiger partial charge in [0.1, 0.15) is 0 Å². The number of hydrogen-bond donors (Lipinski definition) is 0. The summed E-state index contributed by atoms with van der Waals surface area (Å²) in [5, 5.41) is 0. The van der Waals surface area contributed by atoms with Crippen molar-refractivity contribution in [2.24, 2.45) is 0 Å². The van der Waals surface area contributed by atoms with E-state index in [0.29, 0.717) is 0 Å². The van der Waals surface area contributed by atoms with Crippen molar-refractivity contribution in [1.82, 2.24) is 0 Å². The van der Waals surface area contributed by atoms with Crippen molar-refractivity contribution in [3.63, 3.8) is 0 Å². The average Bonchev–Trinajstić information content (AvgIpc) is 1.69. The third-order valence-electron chi connectivity index (χ3n) is 1.01. The molecule has 0 fully saturated rings. The molecule has 0 aromatic carbocycles. The molecule has 0 N–H and O–H groups in total. The van der Waals surface area contributed by atoms with Gasteiger partial charge in [0.15, 0.2) is 0 Å². The van der Waals surface area contributed by atoms with Crippen molar-refractivity contribution in [3.8, 4) is 0 Å². The lowest BCUT2D eigenvalue weighted by atomic mass is 10.4. The second-order valence-corrected chi connectivity index (χ2v) is 3.65. The highest BCUT2D eigenvalue weighted by molar-refractivity contribution is 6.41. The second-order valence-electron chi connectivity index (χ2n) is 1.78. The van der Waals surface area contributed by atoms with E-state index in [1.807, 2.05) is 0 Å². The molecule has 1 heteroatoms. The van der Waals surface area contributed by atoms with Gasteiger partial charge in [0.2, 0.25) is 0 Å². The first-order chi connectivity index (χ1) is 3.41. The predicted octanol–water partition coefficient (Wildman–Crippen LogP) is 1.52. The highest BCUT2D eigenvalue weighted by Crippen LogP contribution is 1.91. The Morgan fingerprint density at radius 2 is 2.43 bits per heavy atom. The molecule has 0 aliphatic heterocycles. The largest absolute Gasteiger partial charge is 0.109 e. The molecule has 0 aliphatic rings. The van der Waals surface area contributed by atoms with Gasteiger partial charge >= 0.3 is 0 Å². The molecule has 0 saturated heterocycles. The third-order valence-corrected chi connectivity index (χ3v) is 2.33. The Kier molecular flexibility index (Phi) is 5.92. The molecule has 0 unspecified atom stereocenters. The SMILES string of the molecule is C=C[SiH2]CCCC. The Balaban J connectivity index is 2.56. The fraction of sp³-hybridized carbons (Fsp3) is 0.667. The van der Waals surface area contributed by atoms with Crippen LogP contribution in [0.3, 0.4) is 0 Å². The van der Waals surface area contributed by atoms with E-state index in [1.54, 1.807) is 0 Å². The number of hydrogen-bond acceptors (Lipinski definition) is 0. The minimum absolute atomic E-state index is 0.175. The Labute approximate surface area is 48.4 Å². The molecule has 0 atom stereocenters. The van der Waals surface area contributed by atoms with Gasteiger partial charge in [-0.2, -0.15) is 0 Å². The lowest BCUT2D eigenvalue weighted by Crippen LogP contribution is -1.80. The van der Waals surface area contributed by atoms with Crippen LogP contribution in [-0.4, -0.2) is 9.52 Å². The first-order valence-corrected chi connectivity index (χ1v) is 4.84. The summed E-state index contributed by atoms with van der Waals surface area (Å²) in [6.07, 6.45) is 2.76. The van der Waals surface area contributed by atoms with Crippen LogP contribution in [0.4, 0.5) is 0 Å². The zero-order valence-corrected chi connectivity index (χ0v) is 6.53. The summed E-state index contributed by atoms with van der Waals surface area (Å²) in [5.41, 5.74) is 2.12. The summed E-state index contributed by atoms with van der Waals surface area (Å²) in [4.78, 5) is 0. The van der Waals surface area contributed by atoms with E-state index in [4.69, 9.17) is 0 Å². The maximum Gasteiger partial charge on any atom is 0.0446 e. The van der Waals surface area contributed by atoms with Crippen LogP contribution < -0.4 is 0 Å². The maximum atomic E-state index is 3.69. The Hall–Kier alpha value is -0.0431. The van der Waals surface area contributed by atoms with E-state index in [-0.39, 0.29) is 9.52 Å². The van der Waals surface area contributed by atoms with Gasteiger partial charge in [0, 0.05) is 9.52 Å². The summed E-state index contributed by atoms with van der Waals surface area (Å²) in [6, 6.07) is 1.46. The van der Waals surface area contributed by atoms with Crippen molar-refractivity contribution in [3.05, 3.63) is 12.3 Å². The number of unbranched alkanes of at least 4 members (excludes halogenated alkanes) is 1. The number of rotatable bonds is 4. The molecular weight excluding hydrogens is 100 g/mol. The molecule has 0 aromatic heterocycles. The first-order valence-electron chi connectivity index (χ1n) is 3.02. The monoisotopic (exact) mass is 114 g/mol. The van der Waals surface area contributed by atoms with Gasteiger partial charge in [-0.15, -0.1) is 12.3 Å². The van der Waals surface area contributed by atoms with Gasteiger partial charge in [-0.05, 0) is 0 Å². The van der Waals surface area contributed by atoms with Crippen molar-refractivity contribution in [1.29, 1.82) is 0 Å². The summed E-state index contributed by atoms with van der Waals surface area (Å²) >= 11 is 0. The predicted molar refractivity (Wildman–Crippen MR) is 38.5 cm³/mol. The normalized spacial score (nSPS) is 10.4. The van der Waals surface area contributed by atoms with E-state index < -0.39 is 0 Å². The lowest BCUT2D eigenvalue weighted by molar-refractivity contribution is 0.881. The van der Waals surface area contributed by atoms with Crippen LogP contribution >= 0.6 is 0 Å². The minimum Gasteiger partial charge on any atom is -0.109 e. The van der Waals surface area contributed by atoms with Gasteiger partial charge in [0.05, 0.1) is 0 Å². The molecule has 42 valence electrons. The van der Waals surface area contributed by atoms with E-state index >= 15 is 0 Å². The average molecular weight is 114 g/mol. The van der Waals surface area contributed by atoms with Gasteiger partial charge in [-0.1, -0.05) is 25.8 Å². The zero-order valence-electron chi connectivity index (χ0n) is 5.11. The summed E-state index contributed by atoms with van der Waals surface area (Å²) in [7, 11) is 0.175. The summed E-state index contributed by atoms with van der Waals surface area (Å²) in [5.74, 6) is 0. The molecule has 0 nitrogen and oxygen atoms in total. The highest BCUT2D eigenvalue weighted by atomic mass is 28.2. The van der Waals surface area contributed by atoms with Gasteiger partial charge in [-0.25, -0.2) is 0 Å². The van der Waals surface area contributed by atoms with E-state index in [0.717, 1.165) is 0 Å². The van der Waals surface area contributed by atoms with Gasteiger partial charge < -0.3 is 0 Å². The molecule has 0 bridgehead atoms.